The van der Waals surface area contributed by atoms with E-state index in [1.165, 1.54) is 4.90 Å². The molecule has 1 heterocycles. The van der Waals surface area contributed by atoms with Crippen LogP contribution in [0.3, 0.4) is 0 Å². The number of amides is 2. The summed E-state index contributed by atoms with van der Waals surface area (Å²) in [5.41, 5.74) is 1.90. The molecular formula is C19H25N5O2. The first kappa shape index (κ1) is 19.4. The highest BCUT2D eigenvalue weighted by Gasteiger charge is 2.26. The Kier molecular flexibility index (Phi) is 6.27. The quantitative estimate of drug-likeness (QED) is 0.828. The normalized spacial score (nSPS) is 11.8. The second-order valence-corrected chi connectivity index (χ2v) is 6.51. The SMILES string of the molecule is CNc1nccnc1-c1cccc(C(=O)N[C@@H](C(=O)N(C)C)C(C)C)c1. The van der Waals surface area contributed by atoms with Crippen molar-refractivity contribution in [1.29, 1.82) is 0 Å². The Bertz CT molecular complexity index is 789. The first-order chi connectivity index (χ1) is 12.3. The van der Waals surface area contributed by atoms with Crippen LogP contribution in [0.2, 0.25) is 0 Å². The van der Waals surface area contributed by atoms with E-state index in [4.69, 9.17) is 0 Å². The van der Waals surface area contributed by atoms with Gasteiger partial charge in [-0.15, -0.1) is 0 Å². The van der Waals surface area contributed by atoms with Crippen LogP contribution in [0, 0.1) is 5.92 Å². The van der Waals surface area contributed by atoms with Gasteiger partial charge in [0.15, 0.2) is 5.82 Å². The number of aromatic nitrogens is 2. The van der Waals surface area contributed by atoms with Crippen molar-refractivity contribution in [2.75, 3.05) is 26.5 Å². The number of carbonyl (C=O) groups excluding carboxylic acids is 2. The molecule has 0 aliphatic rings. The minimum Gasteiger partial charge on any atom is -0.371 e. The molecule has 0 fully saturated rings. The van der Waals surface area contributed by atoms with Crippen LogP contribution in [0.4, 0.5) is 5.82 Å². The maximum atomic E-state index is 12.7. The van der Waals surface area contributed by atoms with Gasteiger partial charge < -0.3 is 15.5 Å². The molecule has 2 amide bonds. The minimum absolute atomic E-state index is 0.0204. The summed E-state index contributed by atoms with van der Waals surface area (Å²) in [6.45, 7) is 3.81. The Morgan fingerprint density at radius 1 is 1.12 bits per heavy atom. The van der Waals surface area contributed by atoms with Crippen LogP contribution in [0.25, 0.3) is 11.3 Å². The molecule has 1 atom stereocenters. The number of benzene rings is 1. The highest BCUT2D eigenvalue weighted by molar-refractivity contribution is 5.98. The maximum absolute atomic E-state index is 12.7. The molecule has 7 nitrogen and oxygen atoms in total. The summed E-state index contributed by atoms with van der Waals surface area (Å²) in [5, 5.41) is 5.83. The van der Waals surface area contributed by atoms with Crippen molar-refractivity contribution in [3.05, 3.63) is 42.2 Å². The molecule has 0 aliphatic heterocycles. The zero-order valence-electron chi connectivity index (χ0n) is 15.8. The third-order valence-corrected chi connectivity index (χ3v) is 3.99. The minimum atomic E-state index is -0.578. The highest BCUT2D eigenvalue weighted by Crippen LogP contribution is 2.24. The fourth-order valence-corrected chi connectivity index (χ4v) is 2.56. The molecule has 1 aromatic heterocycles. The summed E-state index contributed by atoms with van der Waals surface area (Å²) < 4.78 is 0. The Morgan fingerprint density at radius 2 is 1.81 bits per heavy atom. The van der Waals surface area contributed by atoms with E-state index in [2.05, 4.69) is 20.6 Å². The summed E-state index contributed by atoms with van der Waals surface area (Å²) >= 11 is 0. The van der Waals surface area contributed by atoms with Crippen LogP contribution in [0.1, 0.15) is 24.2 Å². The second-order valence-electron chi connectivity index (χ2n) is 6.51. The fourth-order valence-electron chi connectivity index (χ4n) is 2.56. The van der Waals surface area contributed by atoms with Crippen LogP contribution in [0.5, 0.6) is 0 Å². The lowest BCUT2D eigenvalue weighted by molar-refractivity contribution is -0.131. The smallest absolute Gasteiger partial charge is 0.251 e. The number of anilines is 1. The van der Waals surface area contributed by atoms with Crippen molar-refractivity contribution >= 4 is 17.6 Å². The monoisotopic (exact) mass is 355 g/mol. The molecule has 7 heteroatoms. The first-order valence-electron chi connectivity index (χ1n) is 8.46. The van der Waals surface area contributed by atoms with Crippen molar-refractivity contribution in [1.82, 2.24) is 20.2 Å². The summed E-state index contributed by atoms with van der Waals surface area (Å²) in [5.74, 6) is 0.187. The molecule has 2 N–H and O–H groups in total. The van der Waals surface area contributed by atoms with E-state index >= 15 is 0 Å². The van der Waals surface area contributed by atoms with Gasteiger partial charge in [0.1, 0.15) is 11.7 Å². The Labute approximate surface area is 153 Å². The topological polar surface area (TPSA) is 87.2 Å². The molecule has 2 rings (SSSR count). The third-order valence-electron chi connectivity index (χ3n) is 3.99. The molecule has 0 spiro atoms. The number of likely N-dealkylation sites (N-methyl/N-ethyl adjacent to an activating group) is 1. The van der Waals surface area contributed by atoms with Gasteiger partial charge in [-0.05, 0) is 18.1 Å². The molecule has 0 aliphatic carbocycles. The standard InChI is InChI=1S/C19H25N5O2/c1-12(2)15(19(26)24(4)5)23-18(25)14-8-6-7-13(11-14)16-17(20-3)22-10-9-21-16/h6-12,15H,1-5H3,(H,20,22)(H,23,25)/t15-/m1/s1. The summed E-state index contributed by atoms with van der Waals surface area (Å²) in [7, 11) is 5.12. The molecule has 0 saturated heterocycles. The van der Waals surface area contributed by atoms with Gasteiger partial charge in [0.2, 0.25) is 5.91 Å². The number of nitrogens with one attached hydrogen (secondary N) is 2. The average molecular weight is 355 g/mol. The molecule has 0 saturated carbocycles. The van der Waals surface area contributed by atoms with Gasteiger partial charge in [-0.2, -0.15) is 0 Å². The lowest BCUT2D eigenvalue weighted by atomic mass is 10.0. The predicted octanol–water partition coefficient (Wildman–Crippen LogP) is 2.03. The Hall–Kier alpha value is -2.96. The van der Waals surface area contributed by atoms with Crippen LogP contribution < -0.4 is 10.6 Å². The zero-order chi connectivity index (χ0) is 19.3. The van der Waals surface area contributed by atoms with E-state index in [0.29, 0.717) is 17.1 Å². The van der Waals surface area contributed by atoms with Crippen molar-refractivity contribution in [3.8, 4) is 11.3 Å². The largest absolute Gasteiger partial charge is 0.371 e. The molecule has 26 heavy (non-hydrogen) atoms. The summed E-state index contributed by atoms with van der Waals surface area (Å²) in [6.07, 6.45) is 3.21. The van der Waals surface area contributed by atoms with E-state index in [9.17, 15) is 9.59 Å². The van der Waals surface area contributed by atoms with Crippen molar-refractivity contribution < 1.29 is 9.59 Å². The third kappa shape index (κ3) is 4.36. The highest BCUT2D eigenvalue weighted by atomic mass is 16.2. The van der Waals surface area contributed by atoms with E-state index in [1.807, 2.05) is 19.9 Å². The van der Waals surface area contributed by atoms with Crippen LogP contribution in [-0.2, 0) is 4.79 Å². The Balaban J connectivity index is 2.29. The molecular weight excluding hydrogens is 330 g/mol. The van der Waals surface area contributed by atoms with E-state index in [1.54, 1.807) is 51.7 Å². The molecule has 0 bridgehead atoms. The molecule has 2 aromatic rings. The van der Waals surface area contributed by atoms with Gasteiger partial charge in [0.05, 0.1) is 0 Å². The Morgan fingerprint density at radius 3 is 2.42 bits per heavy atom. The lowest BCUT2D eigenvalue weighted by Gasteiger charge is -2.24. The van der Waals surface area contributed by atoms with Crippen LogP contribution in [0.15, 0.2) is 36.7 Å². The summed E-state index contributed by atoms with van der Waals surface area (Å²) in [4.78, 5) is 35.1. The maximum Gasteiger partial charge on any atom is 0.251 e. The van der Waals surface area contributed by atoms with Gasteiger partial charge in [-0.3, -0.25) is 14.6 Å². The van der Waals surface area contributed by atoms with E-state index in [-0.39, 0.29) is 17.7 Å². The zero-order valence-corrected chi connectivity index (χ0v) is 15.8. The molecule has 0 unspecified atom stereocenters. The molecule has 138 valence electrons. The molecule has 0 radical (unpaired) electrons. The van der Waals surface area contributed by atoms with Gasteiger partial charge in [-0.25, -0.2) is 4.98 Å². The van der Waals surface area contributed by atoms with Gasteiger partial charge in [-0.1, -0.05) is 26.0 Å². The van der Waals surface area contributed by atoms with Gasteiger partial charge in [0.25, 0.3) is 5.91 Å². The van der Waals surface area contributed by atoms with Crippen LogP contribution in [-0.4, -0.2) is 53.9 Å². The number of nitrogens with zero attached hydrogens (tertiary/aromatic N) is 3. The van der Waals surface area contributed by atoms with E-state index in [0.717, 1.165) is 5.56 Å². The number of rotatable bonds is 6. The second kappa shape index (κ2) is 8.42. The van der Waals surface area contributed by atoms with Crippen molar-refractivity contribution in [2.24, 2.45) is 5.92 Å². The molecule has 1 aromatic carbocycles. The van der Waals surface area contributed by atoms with E-state index < -0.39 is 6.04 Å². The van der Waals surface area contributed by atoms with Crippen LogP contribution >= 0.6 is 0 Å². The van der Waals surface area contributed by atoms with Crippen molar-refractivity contribution in [2.45, 2.75) is 19.9 Å². The average Bonchev–Trinajstić information content (AvgIpc) is 2.65. The van der Waals surface area contributed by atoms with Crippen molar-refractivity contribution in [3.63, 3.8) is 0 Å². The predicted molar refractivity (Wildman–Crippen MR) is 102 cm³/mol. The summed E-state index contributed by atoms with van der Waals surface area (Å²) in [6, 6.07) is 6.54. The fraction of sp³-hybridized carbons (Fsp3) is 0.368. The number of hydrogen-bond acceptors (Lipinski definition) is 5. The van der Waals surface area contributed by atoms with Gasteiger partial charge >= 0.3 is 0 Å². The lowest BCUT2D eigenvalue weighted by Crippen LogP contribution is -2.49. The number of hydrogen-bond donors (Lipinski definition) is 2. The number of carbonyl (C=O) groups is 2. The first-order valence-corrected chi connectivity index (χ1v) is 8.46. The van der Waals surface area contributed by atoms with Gasteiger partial charge in [0, 0.05) is 44.7 Å².